The van der Waals surface area contributed by atoms with Gasteiger partial charge in [-0.15, -0.1) is 0 Å². The summed E-state index contributed by atoms with van der Waals surface area (Å²) in [5, 5.41) is 2.69. The second-order valence-corrected chi connectivity index (χ2v) is 11.6. The molecule has 1 saturated heterocycles. The normalized spacial score (nSPS) is 16.2. The molecule has 2 aromatic rings. The van der Waals surface area contributed by atoms with E-state index in [0.717, 1.165) is 0 Å². The van der Waals surface area contributed by atoms with Gasteiger partial charge in [0.1, 0.15) is 10.0 Å². The number of rotatable bonds is 8. The number of carbonyl (C=O) groups excluding carboxylic acids is 1. The van der Waals surface area contributed by atoms with Crippen molar-refractivity contribution >= 4 is 37.4 Å². The van der Waals surface area contributed by atoms with Crippen LogP contribution in [-0.4, -0.2) is 57.4 Å². The monoisotopic (exact) mass is 485 g/mol. The minimum absolute atomic E-state index is 0.0424. The quantitative estimate of drug-likeness (QED) is 0.452. The first-order valence-electron chi connectivity index (χ1n) is 9.88. The van der Waals surface area contributed by atoms with Crippen molar-refractivity contribution < 1.29 is 21.6 Å². The Morgan fingerprint density at radius 2 is 1.74 bits per heavy atom. The van der Waals surface area contributed by atoms with Gasteiger partial charge in [-0.2, -0.15) is 4.31 Å². The molecule has 1 aromatic heterocycles. The zero-order valence-corrected chi connectivity index (χ0v) is 19.2. The maximum atomic E-state index is 12.8. The lowest BCUT2D eigenvalue weighted by molar-refractivity contribution is -0.126. The van der Waals surface area contributed by atoms with Gasteiger partial charge in [-0.3, -0.25) is 4.79 Å². The summed E-state index contributed by atoms with van der Waals surface area (Å²) < 4.78 is 51.3. The minimum Gasteiger partial charge on any atom is -0.356 e. The average molecular weight is 486 g/mol. The van der Waals surface area contributed by atoms with Gasteiger partial charge in [-0.1, -0.05) is 29.8 Å². The first-order valence-corrected chi connectivity index (χ1v) is 13.3. The van der Waals surface area contributed by atoms with Crippen LogP contribution in [0.2, 0.25) is 5.15 Å². The molecule has 3 rings (SSSR count). The van der Waals surface area contributed by atoms with Crippen molar-refractivity contribution in [2.75, 3.05) is 25.4 Å². The fraction of sp³-hybridized carbons (Fsp3) is 0.400. The van der Waals surface area contributed by atoms with Gasteiger partial charge in [0.2, 0.25) is 15.9 Å². The number of sulfonamides is 1. The van der Waals surface area contributed by atoms with Crippen molar-refractivity contribution in [3.63, 3.8) is 0 Å². The van der Waals surface area contributed by atoms with Crippen LogP contribution >= 0.6 is 11.6 Å². The van der Waals surface area contributed by atoms with E-state index in [9.17, 15) is 21.6 Å². The predicted molar refractivity (Wildman–Crippen MR) is 117 cm³/mol. The topological polar surface area (TPSA) is 114 Å². The van der Waals surface area contributed by atoms with Crippen molar-refractivity contribution in [3.8, 4) is 0 Å². The highest BCUT2D eigenvalue weighted by atomic mass is 35.5. The molecule has 1 aromatic carbocycles. The van der Waals surface area contributed by atoms with E-state index in [1.165, 1.54) is 22.6 Å². The molecule has 31 heavy (non-hydrogen) atoms. The number of nitrogens with zero attached hydrogens (tertiary/aromatic N) is 2. The van der Waals surface area contributed by atoms with Crippen LogP contribution in [-0.2, 0) is 24.7 Å². The number of amides is 1. The lowest BCUT2D eigenvalue weighted by atomic mass is 9.97. The number of carbonyl (C=O) groups is 1. The van der Waals surface area contributed by atoms with E-state index in [0.29, 0.717) is 19.3 Å². The van der Waals surface area contributed by atoms with E-state index in [4.69, 9.17) is 11.6 Å². The third kappa shape index (κ3) is 5.82. The highest BCUT2D eigenvalue weighted by Crippen LogP contribution is 2.27. The third-order valence-electron chi connectivity index (χ3n) is 5.16. The molecule has 1 amide bonds. The molecule has 0 radical (unpaired) electrons. The minimum atomic E-state index is -3.76. The van der Waals surface area contributed by atoms with Crippen LogP contribution < -0.4 is 5.32 Å². The maximum Gasteiger partial charge on any atom is 0.246 e. The van der Waals surface area contributed by atoms with E-state index in [2.05, 4.69) is 10.3 Å². The number of halogens is 1. The van der Waals surface area contributed by atoms with Crippen LogP contribution in [0.25, 0.3) is 0 Å². The largest absolute Gasteiger partial charge is 0.356 e. The van der Waals surface area contributed by atoms with Gasteiger partial charge in [0.15, 0.2) is 9.84 Å². The summed E-state index contributed by atoms with van der Waals surface area (Å²) >= 11 is 5.93. The maximum absolute atomic E-state index is 12.8. The summed E-state index contributed by atoms with van der Waals surface area (Å²) in [6, 6.07) is 11.1. The van der Waals surface area contributed by atoms with E-state index < -0.39 is 19.9 Å². The van der Waals surface area contributed by atoms with Crippen LogP contribution in [0.3, 0.4) is 0 Å². The van der Waals surface area contributed by atoms with Crippen molar-refractivity contribution in [2.24, 2.45) is 5.92 Å². The number of pyridine rings is 1. The second-order valence-electron chi connectivity index (χ2n) is 7.25. The Hall–Kier alpha value is -2.01. The number of sulfone groups is 1. The molecular weight excluding hydrogens is 462 g/mol. The van der Waals surface area contributed by atoms with Crippen molar-refractivity contribution in [1.82, 2.24) is 14.6 Å². The lowest BCUT2D eigenvalue weighted by Crippen LogP contribution is -2.43. The van der Waals surface area contributed by atoms with Crippen LogP contribution in [0.1, 0.15) is 19.3 Å². The van der Waals surface area contributed by atoms with Gasteiger partial charge in [0, 0.05) is 31.7 Å². The predicted octanol–water partition coefficient (Wildman–Crippen LogP) is 2.12. The molecule has 1 fully saturated rings. The lowest BCUT2D eigenvalue weighted by Gasteiger charge is -2.30. The SMILES string of the molecule is O=C(NCCCS(=O)(=O)c1ccccc1)C1CCN(S(=O)(=O)c2cccnc2Cl)CC1. The molecule has 1 N–H and O–H groups in total. The summed E-state index contributed by atoms with van der Waals surface area (Å²) in [4.78, 5) is 16.5. The van der Waals surface area contributed by atoms with Crippen molar-refractivity contribution in [3.05, 3.63) is 53.8 Å². The molecule has 0 atom stereocenters. The first kappa shape index (κ1) is 23.6. The number of piperidine rings is 1. The van der Waals surface area contributed by atoms with Gasteiger partial charge in [-0.05, 0) is 43.5 Å². The molecule has 0 saturated carbocycles. The van der Waals surface area contributed by atoms with Gasteiger partial charge >= 0.3 is 0 Å². The number of nitrogens with one attached hydrogen (secondary N) is 1. The molecule has 1 aliphatic heterocycles. The molecule has 0 spiro atoms. The molecule has 168 valence electrons. The number of aromatic nitrogens is 1. The summed E-state index contributed by atoms with van der Waals surface area (Å²) in [6.07, 6.45) is 2.48. The summed E-state index contributed by atoms with van der Waals surface area (Å²) in [5.74, 6) is -0.560. The fourth-order valence-electron chi connectivity index (χ4n) is 3.42. The standard InChI is InChI=1S/C20H24ClN3O5S2/c21-19-18(8-4-11-22-19)31(28,29)24-13-9-16(10-14-24)20(25)23-12-5-15-30(26,27)17-6-2-1-3-7-17/h1-4,6-8,11,16H,5,9-10,12-15H2,(H,23,25). The highest BCUT2D eigenvalue weighted by Gasteiger charge is 2.33. The average Bonchev–Trinajstić information content (AvgIpc) is 2.77. The second kappa shape index (κ2) is 10.1. The van der Waals surface area contributed by atoms with Crippen molar-refractivity contribution in [1.29, 1.82) is 0 Å². The Kier molecular flexibility index (Phi) is 7.68. The van der Waals surface area contributed by atoms with E-state index in [1.54, 1.807) is 30.3 Å². The fourth-order valence-corrected chi connectivity index (χ4v) is 6.65. The zero-order valence-electron chi connectivity index (χ0n) is 16.8. The molecule has 2 heterocycles. The number of hydrogen-bond acceptors (Lipinski definition) is 6. The van der Waals surface area contributed by atoms with Crippen LogP contribution in [0, 0.1) is 5.92 Å². The summed E-state index contributed by atoms with van der Waals surface area (Å²) in [7, 11) is -7.14. The molecule has 8 nitrogen and oxygen atoms in total. The smallest absolute Gasteiger partial charge is 0.246 e. The van der Waals surface area contributed by atoms with E-state index in [-0.39, 0.29) is 52.2 Å². The Morgan fingerprint density at radius 1 is 1.06 bits per heavy atom. The zero-order chi connectivity index (χ0) is 22.5. The summed E-state index contributed by atoms with van der Waals surface area (Å²) in [5.41, 5.74) is 0. The Morgan fingerprint density at radius 3 is 2.39 bits per heavy atom. The molecule has 0 unspecified atom stereocenters. The number of hydrogen-bond donors (Lipinski definition) is 1. The van der Waals surface area contributed by atoms with E-state index in [1.807, 2.05) is 0 Å². The first-order chi connectivity index (χ1) is 14.7. The molecular formula is C20H24ClN3O5S2. The highest BCUT2D eigenvalue weighted by molar-refractivity contribution is 7.91. The molecule has 11 heteroatoms. The summed E-state index contributed by atoms with van der Waals surface area (Å²) in [6.45, 7) is 0.650. The van der Waals surface area contributed by atoms with Gasteiger partial charge in [0.25, 0.3) is 0 Å². The molecule has 0 aliphatic carbocycles. The Bertz CT molecular complexity index is 1120. The Labute approximate surface area is 187 Å². The molecule has 0 bridgehead atoms. The van der Waals surface area contributed by atoms with Gasteiger partial charge < -0.3 is 5.32 Å². The Balaban J connectivity index is 1.46. The van der Waals surface area contributed by atoms with Gasteiger partial charge in [0.05, 0.1) is 10.6 Å². The number of benzene rings is 1. The van der Waals surface area contributed by atoms with Crippen LogP contribution in [0.15, 0.2) is 58.5 Å². The van der Waals surface area contributed by atoms with Gasteiger partial charge in [-0.25, -0.2) is 21.8 Å². The van der Waals surface area contributed by atoms with Crippen LogP contribution in [0.4, 0.5) is 0 Å². The third-order valence-corrected chi connectivity index (χ3v) is 9.32. The van der Waals surface area contributed by atoms with Crippen LogP contribution in [0.5, 0.6) is 0 Å². The molecule has 1 aliphatic rings. The van der Waals surface area contributed by atoms with Crippen molar-refractivity contribution in [2.45, 2.75) is 29.1 Å². The van der Waals surface area contributed by atoms with E-state index >= 15 is 0 Å².